The molecule has 8 nitrogen and oxygen atoms in total. The third kappa shape index (κ3) is 3.78. The Balaban J connectivity index is 1.51. The van der Waals surface area contributed by atoms with Gasteiger partial charge in [-0.3, -0.25) is 24.1 Å². The summed E-state index contributed by atoms with van der Waals surface area (Å²) in [6.45, 7) is 1.61. The van der Waals surface area contributed by atoms with E-state index in [0.29, 0.717) is 34.4 Å². The number of methoxy groups -OCH3 is 2. The average molecular weight is 604 g/mol. The van der Waals surface area contributed by atoms with Crippen LogP contribution in [0.5, 0.6) is 17.2 Å². The van der Waals surface area contributed by atoms with Gasteiger partial charge >= 0.3 is 0 Å². The van der Waals surface area contributed by atoms with Crippen molar-refractivity contribution in [1.29, 1.82) is 0 Å². The number of amides is 2. The van der Waals surface area contributed by atoms with Crippen LogP contribution in [0.3, 0.4) is 0 Å². The lowest BCUT2D eigenvalue weighted by atomic mass is 9.59. The minimum atomic E-state index is -0.678. The van der Waals surface area contributed by atoms with Crippen LogP contribution >= 0.6 is 15.9 Å². The Labute approximate surface area is 239 Å². The van der Waals surface area contributed by atoms with Crippen LogP contribution in [0.25, 0.3) is 0 Å². The summed E-state index contributed by atoms with van der Waals surface area (Å²) < 4.78 is 11.6. The maximum atomic E-state index is 14.0. The number of halogens is 1. The summed E-state index contributed by atoms with van der Waals surface area (Å²) in [5, 5.41) is 10.5. The number of hydrogen-bond acceptors (Lipinski definition) is 7. The molecule has 204 valence electrons. The van der Waals surface area contributed by atoms with Crippen molar-refractivity contribution in [2.75, 3.05) is 19.1 Å². The van der Waals surface area contributed by atoms with E-state index in [1.165, 1.54) is 25.2 Å². The molecule has 0 aromatic heterocycles. The number of aromatic hydroxyl groups is 1. The van der Waals surface area contributed by atoms with E-state index < -0.39 is 23.7 Å². The number of allylic oxidation sites excluding steroid dienone is 6. The topological polar surface area (TPSA) is 110 Å². The highest BCUT2D eigenvalue weighted by Gasteiger charge is 2.56. The number of phenols is 1. The van der Waals surface area contributed by atoms with Crippen LogP contribution in [0.2, 0.25) is 0 Å². The summed E-state index contributed by atoms with van der Waals surface area (Å²) in [4.78, 5) is 55.7. The quantitative estimate of drug-likeness (QED) is 0.303. The molecule has 1 heterocycles. The minimum absolute atomic E-state index is 0.155. The molecule has 0 spiro atoms. The van der Waals surface area contributed by atoms with Crippen LogP contribution in [0.4, 0.5) is 5.69 Å². The maximum absolute atomic E-state index is 14.0. The fourth-order valence-electron chi connectivity index (χ4n) is 6.69. The van der Waals surface area contributed by atoms with Crippen molar-refractivity contribution in [3.63, 3.8) is 0 Å². The highest BCUT2D eigenvalue weighted by Crippen LogP contribution is 2.56. The molecule has 1 saturated heterocycles. The fraction of sp³-hybridized carbons (Fsp3) is 0.290. The van der Waals surface area contributed by atoms with E-state index in [1.807, 2.05) is 6.08 Å². The number of phenolic OH excluding ortho intramolecular Hbond substituents is 1. The van der Waals surface area contributed by atoms with Gasteiger partial charge in [-0.05, 0) is 73.7 Å². The molecular weight excluding hydrogens is 578 g/mol. The summed E-state index contributed by atoms with van der Waals surface area (Å²) in [6, 6.07) is 10.3. The second-order valence-corrected chi connectivity index (χ2v) is 11.4. The number of carbonyl (C=O) groups is 4. The van der Waals surface area contributed by atoms with Gasteiger partial charge in [0.25, 0.3) is 0 Å². The largest absolute Gasteiger partial charge is 0.502 e. The van der Waals surface area contributed by atoms with Crippen LogP contribution in [-0.4, -0.2) is 42.7 Å². The molecule has 1 aliphatic heterocycles. The first kappa shape index (κ1) is 26.3. The van der Waals surface area contributed by atoms with E-state index >= 15 is 0 Å². The van der Waals surface area contributed by atoms with Crippen molar-refractivity contribution >= 4 is 45.0 Å². The Morgan fingerprint density at radius 1 is 0.950 bits per heavy atom. The van der Waals surface area contributed by atoms with Gasteiger partial charge in [0.05, 0.1) is 31.7 Å². The zero-order chi connectivity index (χ0) is 28.5. The number of imide groups is 1. The number of rotatable bonds is 4. The first-order chi connectivity index (χ1) is 19.2. The summed E-state index contributed by atoms with van der Waals surface area (Å²) in [7, 11) is 2.83. The molecule has 40 heavy (non-hydrogen) atoms. The summed E-state index contributed by atoms with van der Waals surface area (Å²) in [6.07, 6.45) is 3.82. The zero-order valence-electron chi connectivity index (χ0n) is 22.1. The van der Waals surface area contributed by atoms with Crippen molar-refractivity contribution < 1.29 is 33.8 Å². The van der Waals surface area contributed by atoms with Gasteiger partial charge in [-0.2, -0.15) is 0 Å². The van der Waals surface area contributed by atoms with Crippen LogP contribution in [0, 0.1) is 17.8 Å². The smallest absolute Gasteiger partial charge is 0.238 e. The first-order valence-electron chi connectivity index (χ1n) is 12.9. The second kappa shape index (κ2) is 9.59. The molecule has 0 saturated carbocycles. The number of carbonyl (C=O) groups excluding carboxylic acids is 4. The van der Waals surface area contributed by atoms with Gasteiger partial charge in [0.2, 0.25) is 17.6 Å². The van der Waals surface area contributed by atoms with Gasteiger partial charge in [0, 0.05) is 27.1 Å². The molecule has 1 fully saturated rings. The number of ether oxygens (including phenoxy) is 2. The molecule has 2 aromatic carbocycles. The predicted molar refractivity (Wildman–Crippen MR) is 149 cm³/mol. The molecule has 4 atom stereocenters. The molecule has 4 aliphatic rings. The van der Waals surface area contributed by atoms with Crippen molar-refractivity contribution in [3.8, 4) is 17.2 Å². The predicted octanol–water partition coefficient (Wildman–Crippen LogP) is 4.81. The standard InChI is InChI=1S/C31H26BrNO7/c1-14-10-22(34)27-21(28(14)35)13-20-18(25(27)15-11-23(39-2)29(36)24(12-15)40-3)8-9-19-26(20)31(38)33(30(19)37)17-6-4-16(32)5-7-17/h4-8,10-12,19-20,25-26,36H,9,13H2,1-3H3. The van der Waals surface area contributed by atoms with E-state index in [4.69, 9.17) is 9.47 Å². The number of fused-ring (bicyclic) bond motifs is 3. The van der Waals surface area contributed by atoms with E-state index in [-0.39, 0.29) is 47.1 Å². The SMILES string of the molecule is COc1cc(C2C3=CCC4C(=O)N(c5ccc(Br)cc5)C(=O)C4C3CC3=C2C(=O)C=C(C)C3=O)cc(OC)c1O. The first-order valence-corrected chi connectivity index (χ1v) is 13.7. The Hall–Kier alpha value is -3.98. The lowest BCUT2D eigenvalue weighted by molar-refractivity contribution is -0.123. The van der Waals surface area contributed by atoms with Crippen molar-refractivity contribution in [2.24, 2.45) is 17.8 Å². The van der Waals surface area contributed by atoms with Crippen molar-refractivity contribution in [3.05, 3.63) is 80.9 Å². The lowest BCUT2D eigenvalue weighted by Crippen LogP contribution is -2.39. The fourth-order valence-corrected chi connectivity index (χ4v) is 6.95. The normalized spacial score (nSPS) is 25.8. The van der Waals surface area contributed by atoms with E-state index in [0.717, 1.165) is 10.0 Å². The molecule has 0 bridgehead atoms. The monoisotopic (exact) mass is 603 g/mol. The Morgan fingerprint density at radius 3 is 2.23 bits per heavy atom. The lowest BCUT2D eigenvalue weighted by Gasteiger charge is -2.42. The summed E-state index contributed by atoms with van der Waals surface area (Å²) in [5.41, 5.74) is 2.95. The highest BCUT2D eigenvalue weighted by atomic mass is 79.9. The maximum Gasteiger partial charge on any atom is 0.238 e. The van der Waals surface area contributed by atoms with Gasteiger partial charge in [-0.25, -0.2) is 0 Å². The van der Waals surface area contributed by atoms with E-state index in [9.17, 15) is 24.3 Å². The van der Waals surface area contributed by atoms with Crippen LogP contribution in [0.15, 0.2) is 75.3 Å². The minimum Gasteiger partial charge on any atom is -0.502 e. The van der Waals surface area contributed by atoms with Gasteiger partial charge in [0.15, 0.2) is 23.1 Å². The molecular formula is C31H26BrNO7. The average Bonchev–Trinajstić information content (AvgIpc) is 3.21. The van der Waals surface area contributed by atoms with E-state index in [2.05, 4.69) is 15.9 Å². The van der Waals surface area contributed by atoms with Gasteiger partial charge in [-0.1, -0.05) is 27.6 Å². The number of benzene rings is 2. The third-order valence-electron chi connectivity index (χ3n) is 8.48. The second-order valence-electron chi connectivity index (χ2n) is 10.5. The number of hydrogen-bond donors (Lipinski definition) is 1. The number of ketones is 2. The molecule has 2 aromatic rings. The summed E-state index contributed by atoms with van der Waals surface area (Å²) >= 11 is 3.39. The number of Topliss-reactive ketones (excluding diaryl/α,β-unsaturated/α-hetero) is 1. The van der Waals surface area contributed by atoms with Gasteiger partial charge in [0.1, 0.15) is 0 Å². The van der Waals surface area contributed by atoms with Gasteiger partial charge < -0.3 is 14.6 Å². The Bertz CT molecular complexity index is 1570. The zero-order valence-corrected chi connectivity index (χ0v) is 23.7. The molecule has 3 aliphatic carbocycles. The molecule has 0 radical (unpaired) electrons. The highest BCUT2D eigenvalue weighted by molar-refractivity contribution is 9.10. The number of anilines is 1. The van der Waals surface area contributed by atoms with Crippen LogP contribution < -0.4 is 14.4 Å². The van der Waals surface area contributed by atoms with Crippen LogP contribution in [0.1, 0.15) is 31.2 Å². The van der Waals surface area contributed by atoms with E-state index in [1.54, 1.807) is 43.3 Å². The Kier molecular flexibility index (Phi) is 6.29. The van der Waals surface area contributed by atoms with Crippen molar-refractivity contribution in [2.45, 2.75) is 25.7 Å². The summed E-state index contributed by atoms with van der Waals surface area (Å²) in [5.74, 6) is -3.34. The number of nitrogens with zero attached hydrogens (tertiary/aromatic N) is 1. The van der Waals surface area contributed by atoms with Crippen molar-refractivity contribution in [1.82, 2.24) is 0 Å². The molecule has 4 unspecified atom stereocenters. The van der Waals surface area contributed by atoms with Crippen LogP contribution in [-0.2, 0) is 19.2 Å². The third-order valence-corrected chi connectivity index (χ3v) is 9.01. The van der Waals surface area contributed by atoms with Gasteiger partial charge in [-0.15, -0.1) is 0 Å². The molecule has 9 heteroatoms. The molecule has 1 N–H and O–H groups in total. The Morgan fingerprint density at radius 2 is 1.60 bits per heavy atom. The molecule has 6 rings (SSSR count). The molecule has 2 amide bonds.